The maximum atomic E-state index is 12.1. The van der Waals surface area contributed by atoms with Crippen molar-refractivity contribution < 1.29 is 18.7 Å². The number of nitrogens with zero attached hydrogens (tertiary/aromatic N) is 1. The van der Waals surface area contributed by atoms with Gasteiger partial charge < -0.3 is 14.1 Å². The molecule has 0 spiro atoms. The Kier molecular flexibility index (Phi) is 4.70. The molecule has 1 aliphatic rings. The quantitative estimate of drug-likeness (QED) is 0.804. The van der Waals surface area contributed by atoms with Crippen molar-refractivity contribution in [3.8, 4) is 0 Å². The first-order valence-electron chi connectivity index (χ1n) is 7.38. The van der Waals surface area contributed by atoms with E-state index < -0.39 is 5.97 Å². The Bertz CT molecular complexity index is 524. The number of piperidine rings is 1. The number of likely N-dealkylation sites (tertiary alicyclic amines) is 1. The second-order valence-electron chi connectivity index (χ2n) is 6.15. The molecule has 5 heteroatoms. The molecule has 0 unspecified atom stereocenters. The van der Waals surface area contributed by atoms with Crippen molar-refractivity contribution in [1.29, 1.82) is 0 Å². The fourth-order valence-electron chi connectivity index (χ4n) is 3.00. The Hall–Kier alpha value is -1.78. The van der Waals surface area contributed by atoms with Crippen molar-refractivity contribution in [1.82, 2.24) is 4.90 Å². The molecule has 2 atom stereocenters. The average molecular weight is 293 g/mol. The van der Waals surface area contributed by atoms with Crippen molar-refractivity contribution in [2.75, 3.05) is 19.7 Å². The number of hydrogen-bond acceptors (Lipinski definition) is 4. The summed E-state index contributed by atoms with van der Waals surface area (Å²) in [5.74, 6) is 1.53. The van der Waals surface area contributed by atoms with Crippen molar-refractivity contribution in [2.24, 2.45) is 11.8 Å². The molecule has 1 aliphatic heterocycles. The van der Waals surface area contributed by atoms with E-state index in [1.54, 1.807) is 24.8 Å². The largest absolute Gasteiger partial charge is 0.466 e. The summed E-state index contributed by atoms with van der Waals surface area (Å²) < 4.78 is 10.4. The first-order chi connectivity index (χ1) is 9.86. The van der Waals surface area contributed by atoms with E-state index in [1.165, 1.54) is 0 Å². The zero-order chi connectivity index (χ0) is 15.6. The average Bonchev–Trinajstić information content (AvgIpc) is 2.73. The summed E-state index contributed by atoms with van der Waals surface area (Å²) in [6, 6.07) is 1.63. The Balaban J connectivity index is 1.89. The van der Waals surface area contributed by atoms with E-state index in [9.17, 15) is 9.59 Å². The van der Waals surface area contributed by atoms with Crippen LogP contribution in [-0.4, -0.2) is 36.5 Å². The Morgan fingerprint density at radius 2 is 1.90 bits per heavy atom. The maximum Gasteiger partial charge on any atom is 0.342 e. The number of carbonyl (C=O) groups excluding carboxylic acids is 2. The van der Waals surface area contributed by atoms with Crippen LogP contribution < -0.4 is 0 Å². The van der Waals surface area contributed by atoms with Crippen LogP contribution in [0, 0.1) is 25.7 Å². The topological polar surface area (TPSA) is 59.8 Å². The second kappa shape index (κ2) is 6.33. The molecule has 116 valence electrons. The van der Waals surface area contributed by atoms with Crippen LogP contribution in [0.4, 0.5) is 0 Å². The smallest absolute Gasteiger partial charge is 0.342 e. The van der Waals surface area contributed by atoms with E-state index in [0.717, 1.165) is 19.5 Å². The van der Waals surface area contributed by atoms with Crippen LogP contribution in [0.3, 0.4) is 0 Å². The van der Waals surface area contributed by atoms with Crippen LogP contribution >= 0.6 is 0 Å². The van der Waals surface area contributed by atoms with Gasteiger partial charge in [0.15, 0.2) is 6.61 Å². The molecular formula is C16H23NO4. The zero-order valence-corrected chi connectivity index (χ0v) is 13.1. The first kappa shape index (κ1) is 15.6. The number of esters is 1. The number of furan rings is 1. The fraction of sp³-hybridized carbons (Fsp3) is 0.625. The molecule has 5 nitrogen and oxygen atoms in total. The van der Waals surface area contributed by atoms with Gasteiger partial charge in [-0.3, -0.25) is 4.79 Å². The molecule has 1 amide bonds. The minimum Gasteiger partial charge on any atom is -0.466 e. The Labute approximate surface area is 125 Å². The molecule has 2 heterocycles. The summed E-state index contributed by atoms with van der Waals surface area (Å²) in [4.78, 5) is 25.9. The van der Waals surface area contributed by atoms with E-state index in [-0.39, 0.29) is 12.5 Å². The van der Waals surface area contributed by atoms with Crippen molar-refractivity contribution in [3.63, 3.8) is 0 Å². The van der Waals surface area contributed by atoms with Crippen molar-refractivity contribution in [2.45, 2.75) is 34.1 Å². The van der Waals surface area contributed by atoms with Gasteiger partial charge >= 0.3 is 5.97 Å². The van der Waals surface area contributed by atoms with Gasteiger partial charge in [-0.1, -0.05) is 13.8 Å². The van der Waals surface area contributed by atoms with Gasteiger partial charge in [-0.05, 0) is 38.2 Å². The molecule has 21 heavy (non-hydrogen) atoms. The van der Waals surface area contributed by atoms with E-state index in [0.29, 0.717) is 28.9 Å². The molecule has 1 saturated heterocycles. The van der Waals surface area contributed by atoms with E-state index >= 15 is 0 Å². The van der Waals surface area contributed by atoms with Crippen molar-refractivity contribution >= 4 is 11.9 Å². The summed E-state index contributed by atoms with van der Waals surface area (Å²) in [6.07, 6.45) is 1.14. The highest BCUT2D eigenvalue weighted by atomic mass is 16.5. The molecule has 0 radical (unpaired) electrons. The van der Waals surface area contributed by atoms with Crippen LogP contribution in [0.5, 0.6) is 0 Å². The highest BCUT2D eigenvalue weighted by Gasteiger charge is 2.26. The third-order valence-corrected chi connectivity index (χ3v) is 3.81. The fourth-order valence-corrected chi connectivity index (χ4v) is 3.00. The highest BCUT2D eigenvalue weighted by Crippen LogP contribution is 2.21. The van der Waals surface area contributed by atoms with Crippen LogP contribution in [0.25, 0.3) is 0 Å². The van der Waals surface area contributed by atoms with Gasteiger partial charge in [-0.25, -0.2) is 4.79 Å². The van der Waals surface area contributed by atoms with E-state index in [4.69, 9.17) is 9.15 Å². The molecule has 1 aromatic heterocycles. The Morgan fingerprint density at radius 3 is 2.43 bits per heavy atom. The number of carbonyl (C=O) groups is 2. The summed E-state index contributed by atoms with van der Waals surface area (Å²) in [7, 11) is 0. The van der Waals surface area contributed by atoms with Crippen molar-refractivity contribution in [3.05, 3.63) is 23.2 Å². The number of amides is 1. The van der Waals surface area contributed by atoms with E-state index in [2.05, 4.69) is 13.8 Å². The summed E-state index contributed by atoms with van der Waals surface area (Å²) in [5.41, 5.74) is 0.390. The predicted molar refractivity (Wildman–Crippen MR) is 78.0 cm³/mol. The van der Waals surface area contributed by atoms with Crippen LogP contribution in [0.2, 0.25) is 0 Å². The van der Waals surface area contributed by atoms with E-state index in [1.807, 2.05) is 0 Å². The minimum absolute atomic E-state index is 0.125. The number of aryl methyl sites for hydroxylation is 2. The van der Waals surface area contributed by atoms with Gasteiger partial charge in [-0.15, -0.1) is 0 Å². The molecule has 0 saturated carbocycles. The summed E-state index contributed by atoms with van der Waals surface area (Å²) in [5, 5.41) is 0. The van der Waals surface area contributed by atoms with Gasteiger partial charge in [0.2, 0.25) is 0 Å². The zero-order valence-electron chi connectivity index (χ0n) is 13.1. The van der Waals surface area contributed by atoms with Crippen LogP contribution in [0.1, 0.15) is 42.1 Å². The lowest BCUT2D eigenvalue weighted by atomic mass is 9.92. The monoisotopic (exact) mass is 293 g/mol. The molecule has 0 aliphatic carbocycles. The molecule has 0 N–H and O–H groups in total. The first-order valence-corrected chi connectivity index (χ1v) is 7.38. The van der Waals surface area contributed by atoms with Gasteiger partial charge in [0, 0.05) is 13.1 Å². The molecule has 1 fully saturated rings. The molecule has 0 bridgehead atoms. The normalized spacial score (nSPS) is 22.2. The summed E-state index contributed by atoms with van der Waals surface area (Å²) >= 11 is 0. The number of ether oxygens (including phenoxy) is 1. The Morgan fingerprint density at radius 1 is 1.29 bits per heavy atom. The minimum atomic E-state index is -0.504. The number of hydrogen-bond donors (Lipinski definition) is 0. The SMILES string of the molecule is Cc1cc(C(=O)OCC(=O)N2C[C@@H](C)C[C@H](C)C2)c(C)o1. The van der Waals surface area contributed by atoms with Crippen LogP contribution in [0.15, 0.2) is 10.5 Å². The van der Waals surface area contributed by atoms with Gasteiger partial charge in [0.25, 0.3) is 5.91 Å². The van der Waals surface area contributed by atoms with Gasteiger partial charge in [0.05, 0.1) is 0 Å². The lowest BCUT2D eigenvalue weighted by molar-refractivity contribution is -0.137. The van der Waals surface area contributed by atoms with Gasteiger partial charge in [0.1, 0.15) is 17.1 Å². The molecule has 0 aromatic carbocycles. The highest BCUT2D eigenvalue weighted by molar-refractivity contribution is 5.92. The predicted octanol–water partition coefficient (Wildman–Crippen LogP) is 2.56. The third-order valence-electron chi connectivity index (χ3n) is 3.81. The number of rotatable bonds is 3. The second-order valence-corrected chi connectivity index (χ2v) is 6.15. The summed E-state index contributed by atoms with van der Waals surface area (Å²) in [6.45, 7) is 9.03. The molecular weight excluding hydrogens is 270 g/mol. The molecule has 1 aromatic rings. The standard InChI is InChI=1S/C16H23NO4/c1-10-5-11(2)8-17(7-10)15(18)9-20-16(19)14-6-12(3)21-13(14)4/h6,10-11H,5,7-9H2,1-4H3/t10-,11-/m0/s1. The lowest BCUT2D eigenvalue weighted by Crippen LogP contribution is -2.44. The van der Waals surface area contributed by atoms with Gasteiger partial charge in [-0.2, -0.15) is 0 Å². The lowest BCUT2D eigenvalue weighted by Gasteiger charge is -2.34. The maximum absolute atomic E-state index is 12.1. The van der Waals surface area contributed by atoms with Crippen LogP contribution in [-0.2, 0) is 9.53 Å². The third kappa shape index (κ3) is 3.86. The molecule has 2 rings (SSSR count).